The standard InChI is InChI=1S/C14H30/c1-7-14(5,6)12-10-8-9-11-13(2,3)4/h7-12H2,1-6H3. The van der Waals surface area contributed by atoms with E-state index < -0.39 is 0 Å². The van der Waals surface area contributed by atoms with Gasteiger partial charge in [0.1, 0.15) is 0 Å². The minimum Gasteiger partial charge on any atom is -0.0649 e. The Kier molecular flexibility index (Phi) is 5.78. The maximum atomic E-state index is 2.39. The number of rotatable bonds is 6. The van der Waals surface area contributed by atoms with Crippen LogP contribution in [0.5, 0.6) is 0 Å². The molecule has 0 fully saturated rings. The van der Waals surface area contributed by atoms with Crippen LogP contribution in [0.25, 0.3) is 0 Å². The lowest BCUT2D eigenvalue weighted by Gasteiger charge is -2.23. The van der Waals surface area contributed by atoms with Gasteiger partial charge in [0.05, 0.1) is 0 Å². The first-order valence-corrected chi connectivity index (χ1v) is 6.27. The highest BCUT2D eigenvalue weighted by Gasteiger charge is 2.14. The quantitative estimate of drug-likeness (QED) is 0.500. The van der Waals surface area contributed by atoms with Gasteiger partial charge in [-0.1, -0.05) is 67.2 Å². The summed E-state index contributed by atoms with van der Waals surface area (Å²) in [7, 11) is 0. The fraction of sp³-hybridized carbons (Fsp3) is 1.00. The summed E-state index contributed by atoms with van der Waals surface area (Å²) >= 11 is 0. The highest BCUT2D eigenvalue weighted by molar-refractivity contribution is 4.67. The molecule has 0 aliphatic heterocycles. The molecular weight excluding hydrogens is 168 g/mol. The fourth-order valence-electron chi connectivity index (χ4n) is 1.61. The molecule has 0 aromatic carbocycles. The highest BCUT2D eigenvalue weighted by Crippen LogP contribution is 2.28. The van der Waals surface area contributed by atoms with Gasteiger partial charge in [0.2, 0.25) is 0 Å². The van der Waals surface area contributed by atoms with E-state index in [1.165, 1.54) is 38.5 Å². The van der Waals surface area contributed by atoms with Crippen LogP contribution >= 0.6 is 0 Å². The van der Waals surface area contributed by atoms with Crippen LogP contribution in [0.15, 0.2) is 0 Å². The van der Waals surface area contributed by atoms with Crippen molar-refractivity contribution in [2.24, 2.45) is 10.8 Å². The summed E-state index contributed by atoms with van der Waals surface area (Å²) in [6, 6.07) is 0. The topological polar surface area (TPSA) is 0 Å². The molecule has 0 aliphatic rings. The molecule has 0 saturated heterocycles. The van der Waals surface area contributed by atoms with Gasteiger partial charge in [-0.2, -0.15) is 0 Å². The first kappa shape index (κ1) is 14.0. The molecule has 14 heavy (non-hydrogen) atoms. The van der Waals surface area contributed by atoms with Crippen LogP contribution in [0.1, 0.15) is 80.1 Å². The predicted molar refractivity (Wildman–Crippen MR) is 66.6 cm³/mol. The van der Waals surface area contributed by atoms with E-state index in [0.29, 0.717) is 10.8 Å². The van der Waals surface area contributed by atoms with Gasteiger partial charge in [-0.25, -0.2) is 0 Å². The largest absolute Gasteiger partial charge is 0.0649 e. The number of unbranched alkanes of at least 4 members (excludes halogenated alkanes) is 2. The van der Waals surface area contributed by atoms with Crippen molar-refractivity contribution in [2.75, 3.05) is 0 Å². The molecule has 0 bridgehead atoms. The second-order valence-electron chi connectivity index (χ2n) is 6.64. The van der Waals surface area contributed by atoms with Gasteiger partial charge in [0.25, 0.3) is 0 Å². The van der Waals surface area contributed by atoms with Crippen LogP contribution in [0.2, 0.25) is 0 Å². The smallest absolute Gasteiger partial charge is 0.0357 e. The first-order chi connectivity index (χ1) is 6.27. The van der Waals surface area contributed by atoms with E-state index in [2.05, 4.69) is 41.5 Å². The lowest BCUT2D eigenvalue weighted by atomic mass is 9.83. The van der Waals surface area contributed by atoms with E-state index in [4.69, 9.17) is 0 Å². The molecule has 0 atom stereocenters. The van der Waals surface area contributed by atoms with Crippen molar-refractivity contribution in [2.45, 2.75) is 80.1 Å². The Balaban J connectivity index is 3.39. The molecule has 86 valence electrons. The van der Waals surface area contributed by atoms with Crippen LogP contribution in [-0.4, -0.2) is 0 Å². The molecule has 0 radical (unpaired) electrons. The lowest BCUT2D eigenvalue weighted by molar-refractivity contribution is 0.298. The van der Waals surface area contributed by atoms with E-state index in [-0.39, 0.29) is 0 Å². The average molecular weight is 198 g/mol. The van der Waals surface area contributed by atoms with Crippen molar-refractivity contribution in [3.8, 4) is 0 Å². The average Bonchev–Trinajstić information content (AvgIpc) is 2.01. The molecule has 0 heteroatoms. The molecule has 0 nitrogen and oxygen atoms in total. The summed E-state index contributed by atoms with van der Waals surface area (Å²) in [5.74, 6) is 0. The summed E-state index contributed by atoms with van der Waals surface area (Å²) in [5, 5.41) is 0. The molecule has 0 aliphatic carbocycles. The zero-order valence-corrected chi connectivity index (χ0v) is 11.2. The van der Waals surface area contributed by atoms with Gasteiger partial charge in [-0.15, -0.1) is 0 Å². The van der Waals surface area contributed by atoms with E-state index in [1.807, 2.05) is 0 Å². The van der Waals surface area contributed by atoms with Crippen molar-refractivity contribution in [1.82, 2.24) is 0 Å². The molecule has 0 heterocycles. The Morgan fingerprint density at radius 2 is 1.21 bits per heavy atom. The third kappa shape index (κ3) is 8.59. The molecular formula is C14H30. The van der Waals surface area contributed by atoms with Crippen molar-refractivity contribution in [3.05, 3.63) is 0 Å². The van der Waals surface area contributed by atoms with E-state index in [0.717, 1.165) is 0 Å². The van der Waals surface area contributed by atoms with Gasteiger partial charge >= 0.3 is 0 Å². The monoisotopic (exact) mass is 198 g/mol. The maximum Gasteiger partial charge on any atom is -0.0357 e. The third-order valence-electron chi connectivity index (χ3n) is 3.24. The number of hydrogen-bond donors (Lipinski definition) is 0. The molecule has 0 N–H and O–H groups in total. The van der Waals surface area contributed by atoms with E-state index >= 15 is 0 Å². The summed E-state index contributed by atoms with van der Waals surface area (Å²) in [5.41, 5.74) is 1.10. The minimum absolute atomic E-state index is 0.528. The Hall–Kier alpha value is 0. The Labute approximate surface area is 91.5 Å². The van der Waals surface area contributed by atoms with Gasteiger partial charge in [-0.3, -0.25) is 0 Å². The summed E-state index contributed by atoms with van der Waals surface area (Å²) < 4.78 is 0. The summed E-state index contributed by atoms with van der Waals surface area (Å²) in [6.07, 6.45) is 8.32. The van der Waals surface area contributed by atoms with Gasteiger partial charge in [-0.05, 0) is 23.7 Å². The summed E-state index contributed by atoms with van der Waals surface area (Å²) in [4.78, 5) is 0. The normalized spacial score (nSPS) is 13.3. The second-order valence-corrected chi connectivity index (χ2v) is 6.64. The molecule has 0 rings (SSSR count). The van der Waals surface area contributed by atoms with Crippen LogP contribution in [-0.2, 0) is 0 Å². The highest BCUT2D eigenvalue weighted by atomic mass is 14.2. The maximum absolute atomic E-state index is 2.39. The molecule has 0 aromatic heterocycles. The van der Waals surface area contributed by atoms with Crippen LogP contribution in [0, 0.1) is 10.8 Å². The van der Waals surface area contributed by atoms with Gasteiger partial charge in [0.15, 0.2) is 0 Å². The Morgan fingerprint density at radius 3 is 1.64 bits per heavy atom. The molecule has 0 saturated carbocycles. The minimum atomic E-state index is 0.528. The van der Waals surface area contributed by atoms with Crippen LogP contribution in [0.3, 0.4) is 0 Å². The van der Waals surface area contributed by atoms with E-state index in [1.54, 1.807) is 0 Å². The second kappa shape index (κ2) is 5.78. The Bertz CT molecular complexity index is 137. The predicted octanol–water partition coefficient (Wildman–Crippen LogP) is 5.42. The molecule has 0 unspecified atom stereocenters. The molecule has 0 spiro atoms. The Morgan fingerprint density at radius 1 is 0.714 bits per heavy atom. The van der Waals surface area contributed by atoms with Gasteiger partial charge < -0.3 is 0 Å². The van der Waals surface area contributed by atoms with Crippen LogP contribution < -0.4 is 0 Å². The zero-order chi connectivity index (χ0) is 11.2. The van der Waals surface area contributed by atoms with Crippen molar-refractivity contribution in [1.29, 1.82) is 0 Å². The summed E-state index contributed by atoms with van der Waals surface area (Å²) in [6.45, 7) is 14.1. The van der Waals surface area contributed by atoms with E-state index in [9.17, 15) is 0 Å². The molecule has 0 amide bonds. The van der Waals surface area contributed by atoms with Crippen molar-refractivity contribution < 1.29 is 0 Å². The SMILES string of the molecule is CCC(C)(C)CCCCCC(C)(C)C. The third-order valence-corrected chi connectivity index (χ3v) is 3.24. The number of hydrogen-bond acceptors (Lipinski definition) is 0. The van der Waals surface area contributed by atoms with Crippen molar-refractivity contribution >= 4 is 0 Å². The first-order valence-electron chi connectivity index (χ1n) is 6.27. The lowest BCUT2D eigenvalue weighted by Crippen LogP contribution is -2.09. The molecule has 0 aromatic rings. The van der Waals surface area contributed by atoms with Crippen molar-refractivity contribution in [3.63, 3.8) is 0 Å². The zero-order valence-electron chi connectivity index (χ0n) is 11.2. The fourth-order valence-corrected chi connectivity index (χ4v) is 1.61. The van der Waals surface area contributed by atoms with Gasteiger partial charge in [0, 0.05) is 0 Å². The van der Waals surface area contributed by atoms with Crippen LogP contribution in [0.4, 0.5) is 0 Å².